The lowest BCUT2D eigenvalue weighted by Crippen LogP contribution is -2.02. The first-order chi connectivity index (χ1) is 6.37. The van der Waals surface area contributed by atoms with Crippen molar-refractivity contribution in [3.05, 3.63) is 35.9 Å². The van der Waals surface area contributed by atoms with Crippen LogP contribution in [0.3, 0.4) is 0 Å². The summed E-state index contributed by atoms with van der Waals surface area (Å²) in [6.45, 7) is 6.29. The van der Waals surface area contributed by atoms with Gasteiger partial charge in [0.05, 0.1) is 0 Å². The van der Waals surface area contributed by atoms with Crippen molar-refractivity contribution in [1.82, 2.24) is 0 Å². The van der Waals surface area contributed by atoms with E-state index in [2.05, 4.69) is 37.3 Å². The maximum Gasteiger partial charge on any atom is -0.00489 e. The van der Waals surface area contributed by atoms with Gasteiger partial charge >= 0.3 is 0 Å². The molecule has 0 N–H and O–H groups in total. The molecule has 0 saturated heterocycles. The number of benzene rings is 1. The van der Waals surface area contributed by atoms with Crippen LogP contribution in [0.25, 0.3) is 0 Å². The van der Waals surface area contributed by atoms with Crippen molar-refractivity contribution < 1.29 is 0 Å². The summed E-state index contributed by atoms with van der Waals surface area (Å²) in [6.07, 6.45) is 4.10. The smallest absolute Gasteiger partial charge is 0.00489 e. The lowest BCUT2D eigenvalue weighted by Gasteiger charge is -2.11. The highest BCUT2D eigenvalue weighted by Crippen LogP contribution is 2.50. The molecule has 0 nitrogen and oxygen atoms in total. The van der Waals surface area contributed by atoms with Crippen molar-refractivity contribution in [3.8, 4) is 0 Å². The Morgan fingerprint density at radius 2 is 1.62 bits per heavy atom. The molecule has 13 heavy (non-hydrogen) atoms. The maximum absolute atomic E-state index is 2.29. The van der Waals surface area contributed by atoms with E-state index in [1.165, 1.54) is 19.3 Å². The summed E-state index contributed by atoms with van der Waals surface area (Å²) < 4.78 is 0. The van der Waals surface area contributed by atoms with Crippen LogP contribution in [0.4, 0.5) is 0 Å². The van der Waals surface area contributed by atoms with Crippen LogP contribution in [-0.4, -0.2) is 0 Å². The van der Waals surface area contributed by atoms with Gasteiger partial charge in [-0.05, 0) is 30.2 Å². The van der Waals surface area contributed by atoms with Crippen LogP contribution in [0, 0.1) is 0 Å². The van der Waals surface area contributed by atoms with Crippen molar-refractivity contribution in [2.24, 2.45) is 0 Å². The molecular weight excluding hydrogens is 156 g/mol. The fourth-order valence-electron chi connectivity index (χ4n) is 1.79. The van der Waals surface area contributed by atoms with E-state index in [0.717, 1.165) is 0 Å². The van der Waals surface area contributed by atoms with E-state index in [9.17, 15) is 0 Å². The molecule has 0 aromatic heterocycles. The van der Waals surface area contributed by atoms with Crippen molar-refractivity contribution in [1.29, 1.82) is 0 Å². The van der Waals surface area contributed by atoms with Crippen LogP contribution in [0.2, 0.25) is 0 Å². The summed E-state index contributed by atoms with van der Waals surface area (Å²) >= 11 is 0. The van der Waals surface area contributed by atoms with E-state index in [0.29, 0.717) is 5.41 Å². The minimum Gasteiger partial charge on any atom is -0.0683 e. The van der Waals surface area contributed by atoms with Crippen LogP contribution < -0.4 is 0 Å². The summed E-state index contributed by atoms with van der Waals surface area (Å²) in [5, 5.41) is 0. The van der Waals surface area contributed by atoms with Gasteiger partial charge in [0.15, 0.2) is 0 Å². The largest absolute Gasteiger partial charge is 0.0683 e. The molecule has 0 heteroatoms. The Balaban J connectivity index is 0.000000396. The third kappa shape index (κ3) is 2.12. The lowest BCUT2D eigenvalue weighted by molar-refractivity contribution is 0.664. The first kappa shape index (κ1) is 10.3. The van der Waals surface area contributed by atoms with Gasteiger partial charge in [-0.1, -0.05) is 51.1 Å². The van der Waals surface area contributed by atoms with Gasteiger partial charge < -0.3 is 0 Å². The van der Waals surface area contributed by atoms with Gasteiger partial charge in [-0.2, -0.15) is 0 Å². The van der Waals surface area contributed by atoms with Gasteiger partial charge in [-0.25, -0.2) is 0 Å². The van der Waals surface area contributed by atoms with Crippen LogP contribution in [0.5, 0.6) is 0 Å². The Labute approximate surface area is 82.0 Å². The van der Waals surface area contributed by atoms with E-state index in [4.69, 9.17) is 0 Å². The summed E-state index contributed by atoms with van der Waals surface area (Å²) in [7, 11) is 0. The van der Waals surface area contributed by atoms with E-state index in [1.807, 2.05) is 13.8 Å². The molecule has 0 amide bonds. The number of hydrogen-bond donors (Lipinski definition) is 0. The number of hydrogen-bond acceptors (Lipinski definition) is 0. The topological polar surface area (TPSA) is 0 Å². The molecule has 0 radical (unpaired) electrons. The first-order valence-corrected chi connectivity index (χ1v) is 5.43. The highest BCUT2D eigenvalue weighted by molar-refractivity contribution is 5.30. The molecule has 72 valence electrons. The first-order valence-electron chi connectivity index (χ1n) is 5.43. The second kappa shape index (κ2) is 4.45. The van der Waals surface area contributed by atoms with Gasteiger partial charge in [-0.3, -0.25) is 0 Å². The molecule has 0 spiro atoms. The van der Waals surface area contributed by atoms with Crippen molar-refractivity contribution >= 4 is 0 Å². The minimum atomic E-state index is 0.585. The second-order valence-corrected chi connectivity index (χ2v) is 3.50. The molecule has 2 rings (SSSR count). The molecule has 1 saturated carbocycles. The Morgan fingerprint density at radius 1 is 1.08 bits per heavy atom. The molecular formula is C13H20. The Hall–Kier alpha value is -0.780. The predicted octanol–water partition coefficient (Wildman–Crippen LogP) is 4.15. The monoisotopic (exact) mass is 176 g/mol. The minimum absolute atomic E-state index is 0.585. The summed E-state index contributed by atoms with van der Waals surface area (Å²) in [5.41, 5.74) is 2.13. The van der Waals surface area contributed by atoms with Gasteiger partial charge in [0.1, 0.15) is 0 Å². The molecule has 1 aromatic carbocycles. The highest BCUT2D eigenvalue weighted by Gasteiger charge is 2.41. The molecule has 0 unspecified atom stereocenters. The molecule has 0 heterocycles. The fraction of sp³-hybridized carbons (Fsp3) is 0.538. The van der Waals surface area contributed by atoms with Crippen LogP contribution in [0.1, 0.15) is 45.6 Å². The van der Waals surface area contributed by atoms with Gasteiger partial charge in [0.2, 0.25) is 0 Å². The summed E-state index contributed by atoms with van der Waals surface area (Å²) in [5.74, 6) is 0. The van der Waals surface area contributed by atoms with Crippen molar-refractivity contribution in [3.63, 3.8) is 0 Å². The zero-order valence-corrected chi connectivity index (χ0v) is 9.01. The number of rotatable bonds is 2. The Kier molecular flexibility index (Phi) is 3.53. The van der Waals surface area contributed by atoms with E-state index in [1.54, 1.807) is 5.56 Å². The quantitative estimate of drug-likeness (QED) is 0.635. The Bertz CT molecular complexity index is 231. The molecule has 1 aromatic rings. The summed E-state index contributed by atoms with van der Waals surface area (Å²) in [4.78, 5) is 0. The summed E-state index contributed by atoms with van der Waals surface area (Å²) in [6, 6.07) is 10.9. The molecule has 1 aliphatic rings. The lowest BCUT2D eigenvalue weighted by atomic mass is 9.94. The van der Waals surface area contributed by atoms with Crippen molar-refractivity contribution in [2.45, 2.75) is 45.4 Å². The van der Waals surface area contributed by atoms with Gasteiger partial charge in [0, 0.05) is 0 Å². The van der Waals surface area contributed by atoms with Crippen LogP contribution in [-0.2, 0) is 5.41 Å². The zero-order chi connectivity index (χ0) is 9.73. The van der Waals surface area contributed by atoms with Crippen LogP contribution >= 0.6 is 0 Å². The third-order valence-corrected chi connectivity index (χ3v) is 2.92. The average Bonchev–Trinajstić information content (AvgIpc) is 3.03. The maximum atomic E-state index is 2.29. The average molecular weight is 176 g/mol. The van der Waals surface area contributed by atoms with Crippen LogP contribution in [0.15, 0.2) is 30.3 Å². The van der Waals surface area contributed by atoms with E-state index < -0.39 is 0 Å². The fourth-order valence-corrected chi connectivity index (χ4v) is 1.79. The SMILES string of the molecule is CC.CCC1(c2ccccc2)CC1. The second-order valence-electron chi connectivity index (χ2n) is 3.50. The molecule has 1 fully saturated rings. The van der Waals surface area contributed by atoms with Gasteiger partial charge in [-0.15, -0.1) is 0 Å². The zero-order valence-electron chi connectivity index (χ0n) is 9.01. The third-order valence-electron chi connectivity index (χ3n) is 2.92. The molecule has 0 atom stereocenters. The normalized spacial score (nSPS) is 17.2. The van der Waals surface area contributed by atoms with Crippen molar-refractivity contribution in [2.75, 3.05) is 0 Å². The predicted molar refractivity (Wildman–Crippen MR) is 59.0 cm³/mol. The molecule has 0 aliphatic heterocycles. The molecule has 1 aliphatic carbocycles. The molecule has 0 bridgehead atoms. The van der Waals surface area contributed by atoms with Gasteiger partial charge in [0.25, 0.3) is 0 Å². The standard InChI is InChI=1S/C11H14.C2H6/c1-2-11(8-9-11)10-6-4-3-5-7-10;1-2/h3-7H,2,8-9H2,1H3;1-2H3. The van der Waals surface area contributed by atoms with E-state index in [-0.39, 0.29) is 0 Å². The highest BCUT2D eigenvalue weighted by atomic mass is 14.5. The van der Waals surface area contributed by atoms with E-state index >= 15 is 0 Å². The Morgan fingerprint density at radius 3 is 2.00 bits per heavy atom.